The number of benzene rings is 1. The van der Waals surface area contributed by atoms with Gasteiger partial charge in [-0.25, -0.2) is 4.99 Å². The number of nitrogens with one attached hydrogen (secondary N) is 1. The van der Waals surface area contributed by atoms with E-state index in [1.54, 1.807) is 19.2 Å². The van der Waals surface area contributed by atoms with E-state index in [2.05, 4.69) is 29.1 Å². The molecular formula is C26H35N3O. The number of rotatable bonds is 8. The molecular weight excluding hydrogens is 370 g/mol. The highest BCUT2D eigenvalue weighted by Gasteiger charge is 2.19. The van der Waals surface area contributed by atoms with Gasteiger partial charge in [-0.05, 0) is 38.3 Å². The van der Waals surface area contributed by atoms with Crippen LogP contribution in [0.4, 0.5) is 0 Å². The molecule has 3 N–H and O–H groups in total. The van der Waals surface area contributed by atoms with Crippen molar-refractivity contribution in [2.24, 2.45) is 16.6 Å². The van der Waals surface area contributed by atoms with Crippen molar-refractivity contribution in [1.29, 1.82) is 0 Å². The second-order valence-electron chi connectivity index (χ2n) is 7.43. The fourth-order valence-corrected chi connectivity index (χ4v) is 2.86. The molecule has 1 aromatic rings. The third-order valence-electron chi connectivity index (χ3n) is 4.41. The Morgan fingerprint density at radius 3 is 2.57 bits per heavy atom. The van der Waals surface area contributed by atoms with Crippen molar-refractivity contribution in [3.63, 3.8) is 0 Å². The molecule has 1 atom stereocenters. The minimum absolute atomic E-state index is 0.156. The summed E-state index contributed by atoms with van der Waals surface area (Å²) in [6.07, 6.45) is 9.03. The summed E-state index contributed by atoms with van der Waals surface area (Å²) in [6.45, 7) is 11.9. The lowest BCUT2D eigenvalue weighted by Gasteiger charge is -2.18. The molecule has 0 bridgehead atoms. The maximum atomic E-state index is 13.3. The van der Waals surface area contributed by atoms with E-state index in [1.807, 2.05) is 64.1 Å². The summed E-state index contributed by atoms with van der Waals surface area (Å²) < 4.78 is 0. The average molecular weight is 406 g/mol. The second-order valence-corrected chi connectivity index (χ2v) is 7.43. The van der Waals surface area contributed by atoms with Gasteiger partial charge in [-0.2, -0.15) is 0 Å². The van der Waals surface area contributed by atoms with E-state index in [0.717, 1.165) is 24.0 Å². The zero-order valence-electron chi connectivity index (χ0n) is 19.1. The summed E-state index contributed by atoms with van der Waals surface area (Å²) in [5.74, 6) is 6.36. The third-order valence-corrected chi connectivity index (χ3v) is 4.41. The van der Waals surface area contributed by atoms with E-state index < -0.39 is 0 Å². The molecule has 0 heterocycles. The Morgan fingerprint density at radius 2 is 1.97 bits per heavy atom. The number of aryl methyl sites for hydroxylation is 1. The Kier molecular flexibility index (Phi) is 11.0. The average Bonchev–Trinajstić information content (AvgIpc) is 2.69. The topological polar surface area (TPSA) is 67.5 Å². The van der Waals surface area contributed by atoms with Gasteiger partial charge in [-0.3, -0.25) is 4.79 Å². The minimum Gasteiger partial charge on any atom is -0.383 e. The van der Waals surface area contributed by atoms with Gasteiger partial charge in [0.15, 0.2) is 0 Å². The summed E-state index contributed by atoms with van der Waals surface area (Å²) in [6, 6.07) is 7.87. The molecule has 160 valence electrons. The second kappa shape index (κ2) is 13.2. The van der Waals surface area contributed by atoms with Crippen molar-refractivity contribution < 1.29 is 4.79 Å². The first-order valence-electron chi connectivity index (χ1n) is 10.5. The summed E-state index contributed by atoms with van der Waals surface area (Å²) in [7, 11) is 0. The first-order chi connectivity index (χ1) is 14.3. The van der Waals surface area contributed by atoms with Crippen LogP contribution in [0.25, 0.3) is 0 Å². The van der Waals surface area contributed by atoms with Gasteiger partial charge in [0.1, 0.15) is 5.82 Å². The van der Waals surface area contributed by atoms with Gasteiger partial charge in [0.25, 0.3) is 5.91 Å². The SMILES string of the molecule is C\C=N/C(N)=C(\C=C\CCC)C(=C/C#CC(C)C)/C(=O)NC(C)c1ccccc1C. The van der Waals surface area contributed by atoms with Crippen LogP contribution in [0.5, 0.6) is 0 Å². The number of hydrogen-bond acceptors (Lipinski definition) is 3. The van der Waals surface area contributed by atoms with Crippen LogP contribution in [0.1, 0.15) is 64.6 Å². The molecule has 4 nitrogen and oxygen atoms in total. The van der Waals surface area contributed by atoms with E-state index in [1.165, 1.54) is 0 Å². The van der Waals surface area contributed by atoms with Gasteiger partial charge in [-0.1, -0.05) is 75.5 Å². The molecule has 1 aromatic carbocycles. The minimum atomic E-state index is -0.228. The molecule has 0 fully saturated rings. The monoisotopic (exact) mass is 405 g/mol. The standard InChI is InChI=1S/C26H35N3O/c1-7-9-10-17-23(25(27)28-8-2)24(18-13-14-19(3)4)26(30)29-21(6)22-16-12-11-15-20(22)5/h8,10-12,15-19,21H,7,9,27H2,1-6H3,(H,29,30)/b17-10+,24-18-,25-23+,28-8-. The maximum absolute atomic E-state index is 13.3. The lowest BCUT2D eigenvalue weighted by Crippen LogP contribution is -2.29. The number of amides is 1. The van der Waals surface area contributed by atoms with Gasteiger partial charge in [0, 0.05) is 23.8 Å². The van der Waals surface area contributed by atoms with Gasteiger partial charge >= 0.3 is 0 Å². The fourth-order valence-electron chi connectivity index (χ4n) is 2.86. The first kappa shape index (κ1) is 25.0. The van der Waals surface area contributed by atoms with Crippen LogP contribution < -0.4 is 11.1 Å². The molecule has 0 aliphatic rings. The van der Waals surface area contributed by atoms with Crippen molar-refractivity contribution >= 4 is 12.1 Å². The van der Waals surface area contributed by atoms with Crippen LogP contribution in [0.2, 0.25) is 0 Å². The molecule has 1 amide bonds. The van der Waals surface area contributed by atoms with Gasteiger partial charge in [0.05, 0.1) is 11.6 Å². The number of unbranched alkanes of at least 4 members (excludes halogenated alkanes) is 1. The van der Waals surface area contributed by atoms with Crippen molar-refractivity contribution in [3.05, 3.63) is 70.6 Å². The molecule has 0 aliphatic carbocycles. The predicted octanol–water partition coefficient (Wildman–Crippen LogP) is 5.38. The first-order valence-corrected chi connectivity index (χ1v) is 10.5. The summed E-state index contributed by atoms with van der Waals surface area (Å²) in [4.78, 5) is 17.5. The van der Waals surface area contributed by atoms with Gasteiger partial charge in [0.2, 0.25) is 0 Å². The fraction of sp³-hybridized carbons (Fsp3) is 0.385. The summed E-state index contributed by atoms with van der Waals surface area (Å²) in [5.41, 5.74) is 9.41. The molecule has 0 radical (unpaired) electrons. The molecule has 4 heteroatoms. The van der Waals surface area contributed by atoms with E-state index >= 15 is 0 Å². The molecule has 0 aromatic heterocycles. The van der Waals surface area contributed by atoms with Crippen LogP contribution >= 0.6 is 0 Å². The quantitative estimate of drug-likeness (QED) is 0.264. The number of hydrogen-bond donors (Lipinski definition) is 2. The van der Waals surface area contributed by atoms with Crippen LogP contribution in [0.3, 0.4) is 0 Å². The Hall–Kier alpha value is -3.06. The van der Waals surface area contributed by atoms with E-state index in [-0.39, 0.29) is 17.9 Å². The zero-order valence-corrected chi connectivity index (χ0v) is 19.1. The number of carbonyl (C=O) groups is 1. The molecule has 30 heavy (non-hydrogen) atoms. The highest BCUT2D eigenvalue weighted by molar-refractivity contribution is 5.99. The Bertz CT molecular complexity index is 892. The Labute approximate surface area is 182 Å². The van der Waals surface area contributed by atoms with E-state index in [0.29, 0.717) is 17.0 Å². The van der Waals surface area contributed by atoms with Crippen LogP contribution in [-0.2, 0) is 4.79 Å². The maximum Gasteiger partial charge on any atom is 0.253 e. The van der Waals surface area contributed by atoms with Gasteiger partial charge in [-0.15, -0.1) is 0 Å². The summed E-state index contributed by atoms with van der Waals surface area (Å²) in [5, 5.41) is 3.09. The molecule has 0 spiro atoms. The highest BCUT2D eigenvalue weighted by Crippen LogP contribution is 2.21. The smallest absolute Gasteiger partial charge is 0.253 e. The zero-order chi connectivity index (χ0) is 22.5. The molecule has 0 saturated carbocycles. The number of aliphatic imine (C=N–C) groups is 1. The number of carbonyl (C=O) groups excluding carboxylic acids is 1. The van der Waals surface area contributed by atoms with Crippen molar-refractivity contribution in [2.75, 3.05) is 0 Å². The largest absolute Gasteiger partial charge is 0.383 e. The summed E-state index contributed by atoms with van der Waals surface area (Å²) >= 11 is 0. The van der Waals surface area contributed by atoms with Crippen molar-refractivity contribution in [1.82, 2.24) is 5.32 Å². The molecule has 1 unspecified atom stereocenters. The predicted molar refractivity (Wildman–Crippen MR) is 128 cm³/mol. The number of nitrogens with zero attached hydrogens (tertiary/aromatic N) is 1. The Balaban J connectivity index is 3.39. The molecule has 1 rings (SSSR count). The van der Waals surface area contributed by atoms with Crippen LogP contribution in [-0.4, -0.2) is 12.1 Å². The number of allylic oxidation sites excluding steroid dienone is 3. The lowest BCUT2D eigenvalue weighted by molar-refractivity contribution is -0.117. The van der Waals surface area contributed by atoms with Crippen LogP contribution in [0.15, 0.2) is 64.5 Å². The third kappa shape index (κ3) is 8.13. The van der Waals surface area contributed by atoms with Crippen molar-refractivity contribution in [2.45, 2.75) is 60.4 Å². The molecule has 0 aliphatic heterocycles. The van der Waals surface area contributed by atoms with E-state index in [4.69, 9.17) is 5.73 Å². The highest BCUT2D eigenvalue weighted by atomic mass is 16.1. The molecule has 0 saturated heterocycles. The number of nitrogens with two attached hydrogens (primary N) is 1. The lowest BCUT2D eigenvalue weighted by atomic mass is 10.00. The van der Waals surface area contributed by atoms with E-state index in [9.17, 15) is 4.79 Å². The Morgan fingerprint density at radius 1 is 1.27 bits per heavy atom. The van der Waals surface area contributed by atoms with Crippen LogP contribution in [0, 0.1) is 24.7 Å². The van der Waals surface area contributed by atoms with Gasteiger partial charge < -0.3 is 11.1 Å². The normalized spacial score (nSPS) is 13.9. The van der Waals surface area contributed by atoms with Crippen molar-refractivity contribution in [3.8, 4) is 11.8 Å².